The van der Waals surface area contributed by atoms with Crippen LogP contribution in [-0.4, -0.2) is 114 Å². The van der Waals surface area contributed by atoms with E-state index in [-0.39, 0.29) is 13.9 Å². The second kappa shape index (κ2) is 20.3. The fourth-order valence-corrected chi connectivity index (χ4v) is 1.25. The Balaban J connectivity index is -0.000000827. The molecule has 0 saturated carbocycles. The van der Waals surface area contributed by atoms with E-state index in [1.165, 1.54) is 0 Å². The Bertz CT molecular complexity index is 199. The molecule has 0 aromatic heterocycles. The zero-order valence-corrected chi connectivity index (χ0v) is 14.2. The number of rotatable bonds is 12. The highest BCUT2D eigenvalue weighted by atomic mass is 16.5. The van der Waals surface area contributed by atoms with Crippen molar-refractivity contribution in [2.45, 2.75) is 7.43 Å². The molecule has 1 N–H and O–H groups in total. The summed E-state index contributed by atoms with van der Waals surface area (Å²) in [5, 5.41) is 6.89. The largest absolute Gasteiger partial charge is 0.483 e. The molecule has 0 radical (unpaired) electrons. The monoisotopic (exact) mass is 323 g/mol. The van der Waals surface area contributed by atoms with Gasteiger partial charge in [-0.15, -0.1) is 0 Å². The Kier molecular flexibility index (Phi) is 24.1. The molecule has 0 unspecified atom stereocenters. The number of nitrogens with zero attached hydrogens (tertiary/aromatic N) is 3. The minimum Gasteiger partial charge on any atom is -0.483 e. The van der Waals surface area contributed by atoms with Crippen molar-refractivity contribution in [1.29, 1.82) is 0 Å². The maximum absolute atomic E-state index is 8.36. The average Bonchev–Trinajstić information content (AvgIpc) is 2.38. The summed E-state index contributed by atoms with van der Waals surface area (Å²) in [6.45, 7) is 6.84. The molecule has 0 saturated heterocycles. The van der Waals surface area contributed by atoms with Crippen LogP contribution in [0.25, 0.3) is 0 Å². The van der Waals surface area contributed by atoms with Crippen LogP contribution in [0.2, 0.25) is 0 Å². The fourth-order valence-electron chi connectivity index (χ4n) is 1.25. The van der Waals surface area contributed by atoms with Crippen LogP contribution in [0.1, 0.15) is 7.43 Å². The lowest BCUT2D eigenvalue weighted by Gasteiger charge is -2.17. The van der Waals surface area contributed by atoms with Crippen LogP contribution in [-0.2, 0) is 14.3 Å². The third-order valence-electron chi connectivity index (χ3n) is 2.60. The highest BCUT2D eigenvalue weighted by Gasteiger charge is 1.99. The van der Waals surface area contributed by atoms with Gasteiger partial charge in [-0.2, -0.15) is 0 Å². The van der Waals surface area contributed by atoms with Crippen molar-refractivity contribution >= 4 is 6.47 Å². The van der Waals surface area contributed by atoms with Crippen LogP contribution in [0, 0.1) is 0 Å². The minimum atomic E-state index is -0.250. The molecule has 0 atom stereocenters. The SMILES string of the molecule is C.CN(C)CCOCCN(C)CCOCCN(C)C.O=CO. The van der Waals surface area contributed by atoms with E-state index in [0.29, 0.717) is 0 Å². The van der Waals surface area contributed by atoms with Crippen LogP contribution < -0.4 is 0 Å². The van der Waals surface area contributed by atoms with E-state index in [9.17, 15) is 0 Å². The van der Waals surface area contributed by atoms with Crippen LogP contribution >= 0.6 is 0 Å². The van der Waals surface area contributed by atoms with Gasteiger partial charge >= 0.3 is 0 Å². The van der Waals surface area contributed by atoms with Crippen molar-refractivity contribution in [3.63, 3.8) is 0 Å². The van der Waals surface area contributed by atoms with Crippen molar-refractivity contribution in [2.75, 3.05) is 87.8 Å². The summed E-state index contributed by atoms with van der Waals surface area (Å²) >= 11 is 0. The quantitative estimate of drug-likeness (QED) is 0.412. The molecule has 0 rings (SSSR count). The molecule has 0 amide bonds. The van der Waals surface area contributed by atoms with Crippen molar-refractivity contribution in [3.8, 4) is 0 Å². The Morgan fingerprint density at radius 2 is 1.05 bits per heavy atom. The standard InChI is InChI=1S/C13H31N3O2.CH2O2.CH4/c1-14(2)6-10-17-12-8-16(5)9-13-18-11-7-15(3)4;2-1-3;/h6-13H2,1-5H3;1H,(H,2,3);1H4. The zero-order chi connectivity index (χ0) is 16.5. The molecule has 0 fully saturated rings. The zero-order valence-electron chi connectivity index (χ0n) is 14.2. The molecule has 7 heteroatoms. The first-order valence-electron chi connectivity index (χ1n) is 7.15. The summed E-state index contributed by atoms with van der Waals surface area (Å²) in [6, 6.07) is 0. The lowest BCUT2D eigenvalue weighted by Crippen LogP contribution is -2.29. The van der Waals surface area contributed by atoms with Gasteiger partial charge in [0, 0.05) is 26.2 Å². The molecule has 0 aromatic rings. The predicted octanol–water partition coefficient (Wildman–Crippen LogP) is 0.412. The molecular formula is C15H37N3O4. The minimum absolute atomic E-state index is 0. The highest BCUT2D eigenvalue weighted by molar-refractivity contribution is 5.32. The van der Waals surface area contributed by atoms with Gasteiger partial charge in [-0.1, -0.05) is 7.43 Å². The molecule has 136 valence electrons. The lowest BCUT2D eigenvalue weighted by molar-refractivity contribution is -0.122. The maximum Gasteiger partial charge on any atom is 0.290 e. The molecule has 0 aliphatic heterocycles. The van der Waals surface area contributed by atoms with Crippen LogP contribution in [0.4, 0.5) is 0 Å². The number of ether oxygens (including phenoxy) is 2. The van der Waals surface area contributed by atoms with E-state index in [1.54, 1.807) is 0 Å². The maximum atomic E-state index is 8.36. The first kappa shape index (κ1) is 26.2. The van der Waals surface area contributed by atoms with Crippen LogP contribution in [0.3, 0.4) is 0 Å². The smallest absolute Gasteiger partial charge is 0.290 e. The van der Waals surface area contributed by atoms with E-state index in [2.05, 4.69) is 49.9 Å². The highest BCUT2D eigenvalue weighted by Crippen LogP contribution is 1.86. The topological polar surface area (TPSA) is 65.5 Å². The van der Waals surface area contributed by atoms with E-state index in [1.807, 2.05) is 0 Å². The molecule has 0 aromatic carbocycles. The third kappa shape index (κ3) is 27.6. The van der Waals surface area contributed by atoms with Crippen molar-refractivity contribution in [3.05, 3.63) is 0 Å². The Hall–Kier alpha value is -0.730. The van der Waals surface area contributed by atoms with Crippen LogP contribution in [0.15, 0.2) is 0 Å². The molecule has 0 spiro atoms. The summed E-state index contributed by atoms with van der Waals surface area (Å²) in [4.78, 5) is 14.9. The van der Waals surface area contributed by atoms with Gasteiger partial charge in [-0.3, -0.25) is 4.79 Å². The average molecular weight is 323 g/mol. The summed E-state index contributed by atoms with van der Waals surface area (Å²) in [7, 11) is 10.3. The van der Waals surface area contributed by atoms with Gasteiger partial charge in [0.2, 0.25) is 0 Å². The number of carbonyl (C=O) groups is 1. The third-order valence-corrected chi connectivity index (χ3v) is 2.60. The van der Waals surface area contributed by atoms with Crippen molar-refractivity contribution < 1.29 is 19.4 Å². The van der Waals surface area contributed by atoms with Gasteiger partial charge in [0.15, 0.2) is 0 Å². The number of hydrogen-bond donors (Lipinski definition) is 1. The van der Waals surface area contributed by atoms with Crippen molar-refractivity contribution in [1.82, 2.24) is 14.7 Å². The molecule has 0 aliphatic rings. The lowest BCUT2D eigenvalue weighted by atomic mass is 10.5. The fraction of sp³-hybridized carbons (Fsp3) is 0.933. The number of hydrogen-bond acceptors (Lipinski definition) is 6. The van der Waals surface area contributed by atoms with E-state index in [4.69, 9.17) is 19.4 Å². The molecule has 0 aliphatic carbocycles. The predicted molar refractivity (Wildman–Crippen MR) is 91.7 cm³/mol. The van der Waals surface area contributed by atoms with E-state index in [0.717, 1.165) is 52.6 Å². The van der Waals surface area contributed by atoms with Crippen molar-refractivity contribution in [2.24, 2.45) is 0 Å². The Labute approximate surface area is 136 Å². The van der Waals surface area contributed by atoms with Gasteiger partial charge < -0.3 is 29.3 Å². The molecule has 7 nitrogen and oxygen atoms in total. The number of likely N-dealkylation sites (N-methyl/N-ethyl adjacent to an activating group) is 3. The second-order valence-corrected chi connectivity index (χ2v) is 5.24. The second-order valence-electron chi connectivity index (χ2n) is 5.24. The normalized spacial score (nSPS) is 10.4. The molecular weight excluding hydrogens is 286 g/mol. The summed E-state index contributed by atoms with van der Waals surface area (Å²) in [5.41, 5.74) is 0. The molecule has 22 heavy (non-hydrogen) atoms. The van der Waals surface area contributed by atoms with Gasteiger partial charge in [0.25, 0.3) is 6.47 Å². The Morgan fingerprint density at radius 1 is 0.773 bits per heavy atom. The Morgan fingerprint density at radius 3 is 1.32 bits per heavy atom. The van der Waals surface area contributed by atoms with Gasteiger partial charge in [-0.25, -0.2) is 0 Å². The van der Waals surface area contributed by atoms with Gasteiger partial charge in [0.05, 0.1) is 26.4 Å². The first-order chi connectivity index (χ1) is 9.93. The first-order valence-corrected chi connectivity index (χ1v) is 7.15. The number of carboxylic acid groups (broad SMARTS) is 1. The molecule has 0 bridgehead atoms. The summed E-state index contributed by atoms with van der Waals surface area (Å²) in [6.07, 6.45) is 0. The summed E-state index contributed by atoms with van der Waals surface area (Å²) < 4.78 is 11.1. The van der Waals surface area contributed by atoms with E-state index < -0.39 is 0 Å². The van der Waals surface area contributed by atoms with Gasteiger partial charge in [0.1, 0.15) is 0 Å². The van der Waals surface area contributed by atoms with Crippen LogP contribution in [0.5, 0.6) is 0 Å². The van der Waals surface area contributed by atoms with E-state index >= 15 is 0 Å². The summed E-state index contributed by atoms with van der Waals surface area (Å²) in [5.74, 6) is 0. The van der Waals surface area contributed by atoms with Gasteiger partial charge in [-0.05, 0) is 35.2 Å². The molecule has 0 heterocycles.